The highest BCUT2D eigenvalue weighted by atomic mass is 31.2. The molecule has 0 spiro atoms. The molecule has 330 valence electrons. The molecule has 0 aromatic carbocycles. The molecule has 0 radical (unpaired) electrons. The Bertz CT molecular complexity index is 804. The molecule has 1 atom stereocenters. The quantitative estimate of drug-likeness (QED) is 0.0359. The van der Waals surface area contributed by atoms with Crippen LogP contribution in [-0.2, 0) is 23.4 Å². The summed E-state index contributed by atoms with van der Waals surface area (Å²) in [5, 5.41) is 0. The Morgan fingerprint density at radius 1 is 0.418 bits per heavy atom. The highest BCUT2D eigenvalue weighted by molar-refractivity contribution is 7.46. The minimum atomic E-state index is -4.65. The molecular weight excluding hydrogens is 707 g/mol. The third-order valence-electron chi connectivity index (χ3n) is 11.2. The van der Waals surface area contributed by atoms with Crippen LogP contribution in [0, 0.1) is 0 Å². The van der Waals surface area contributed by atoms with E-state index in [1.54, 1.807) is 0 Å². The maximum atomic E-state index is 12.5. The number of phosphoric ester groups is 1. The van der Waals surface area contributed by atoms with Crippen LogP contribution in [0.4, 0.5) is 0 Å². The van der Waals surface area contributed by atoms with Crippen molar-refractivity contribution in [3.63, 3.8) is 0 Å². The zero-order chi connectivity index (χ0) is 40.2. The van der Waals surface area contributed by atoms with Gasteiger partial charge in [0.25, 0.3) is 0 Å². The van der Waals surface area contributed by atoms with Gasteiger partial charge < -0.3 is 19.3 Å². The van der Waals surface area contributed by atoms with Crippen LogP contribution in [0.15, 0.2) is 0 Å². The fraction of sp³-hybridized carbons (Fsp3) is 0.979. The minimum Gasteiger partial charge on any atom is -0.457 e. The molecular formula is C47H95O7P. The summed E-state index contributed by atoms with van der Waals surface area (Å²) in [7, 11) is -4.65. The number of hydrogen-bond acceptors (Lipinski definition) is 5. The van der Waals surface area contributed by atoms with E-state index in [9.17, 15) is 9.36 Å². The molecule has 0 saturated heterocycles. The zero-order valence-electron chi connectivity index (χ0n) is 36.9. The molecule has 0 heterocycles. The Kier molecular flexibility index (Phi) is 44.3. The molecule has 8 heteroatoms. The summed E-state index contributed by atoms with van der Waals surface area (Å²) >= 11 is 0. The Morgan fingerprint density at radius 3 is 0.982 bits per heavy atom. The van der Waals surface area contributed by atoms with Crippen molar-refractivity contribution in [3.05, 3.63) is 0 Å². The summed E-state index contributed by atoms with van der Waals surface area (Å²) in [6, 6.07) is 0. The van der Waals surface area contributed by atoms with Crippen LogP contribution in [-0.4, -0.2) is 41.7 Å². The summed E-state index contributed by atoms with van der Waals surface area (Å²) in [5.74, 6) is -0.353. The van der Waals surface area contributed by atoms with E-state index in [4.69, 9.17) is 19.3 Å². The number of carbonyl (C=O) groups excluding carboxylic acids is 1. The van der Waals surface area contributed by atoms with Crippen molar-refractivity contribution in [3.8, 4) is 0 Å². The van der Waals surface area contributed by atoms with Gasteiger partial charge in [-0.1, -0.05) is 251 Å². The molecule has 0 aromatic heterocycles. The second-order valence-corrected chi connectivity index (χ2v) is 18.0. The lowest BCUT2D eigenvalue weighted by molar-refractivity contribution is -0.154. The fourth-order valence-electron chi connectivity index (χ4n) is 7.56. The van der Waals surface area contributed by atoms with Gasteiger partial charge in [0.15, 0.2) is 0 Å². The van der Waals surface area contributed by atoms with Crippen LogP contribution >= 0.6 is 7.82 Å². The van der Waals surface area contributed by atoms with Crippen molar-refractivity contribution < 1.29 is 33.1 Å². The highest BCUT2D eigenvalue weighted by Crippen LogP contribution is 2.36. The Morgan fingerprint density at radius 2 is 0.691 bits per heavy atom. The maximum absolute atomic E-state index is 12.5. The standard InChI is InChI=1S/C47H95O7P/c1-3-5-7-9-11-13-15-17-19-20-21-22-23-24-25-26-27-28-29-30-32-34-36-38-40-42-47(48)54-46(45-53-55(49,50)51)44-52-43-41-39-37-35-33-31-18-16-14-12-10-8-6-4-2/h46H,3-45H2,1-2H3,(H2,49,50,51)/t46-/m1/s1. The molecule has 0 fully saturated rings. The first-order chi connectivity index (χ1) is 26.9. The lowest BCUT2D eigenvalue weighted by Gasteiger charge is -2.18. The minimum absolute atomic E-state index is 0.0870. The van der Waals surface area contributed by atoms with E-state index < -0.39 is 13.9 Å². The monoisotopic (exact) mass is 803 g/mol. The van der Waals surface area contributed by atoms with Crippen molar-refractivity contribution in [2.24, 2.45) is 0 Å². The Balaban J connectivity index is 3.63. The highest BCUT2D eigenvalue weighted by Gasteiger charge is 2.21. The summed E-state index contributed by atoms with van der Waals surface area (Å²) < 4.78 is 27.1. The van der Waals surface area contributed by atoms with Gasteiger partial charge in [-0.3, -0.25) is 9.32 Å². The van der Waals surface area contributed by atoms with Gasteiger partial charge in [0, 0.05) is 13.0 Å². The molecule has 2 N–H and O–H groups in total. The number of ether oxygens (including phenoxy) is 2. The molecule has 0 unspecified atom stereocenters. The SMILES string of the molecule is CCCCCCCCCCCCCCCCCCCCCCCCCCCC(=O)O[C@H](COCCCCCCCCCCCCCCCC)COP(=O)(O)O. The second kappa shape index (κ2) is 44.6. The molecule has 0 aliphatic carbocycles. The Labute approximate surface area is 342 Å². The normalized spacial score (nSPS) is 12.4. The van der Waals surface area contributed by atoms with Crippen molar-refractivity contribution in [2.45, 2.75) is 277 Å². The van der Waals surface area contributed by atoms with E-state index in [0.717, 1.165) is 32.1 Å². The molecule has 0 aromatic rings. The third-order valence-corrected chi connectivity index (χ3v) is 11.6. The van der Waals surface area contributed by atoms with Gasteiger partial charge in [-0.05, 0) is 12.8 Å². The molecule has 0 bridgehead atoms. The molecule has 0 aliphatic heterocycles. The third kappa shape index (κ3) is 47.8. The number of unbranched alkanes of at least 4 members (excludes halogenated alkanes) is 37. The zero-order valence-corrected chi connectivity index (χ0v) is 37.8. The van der Waals surface area contributed by atoms with Gasteiger partial charge in [0.05, 0.1) is 13.2 Å². The molecule has 55 heavy (non-hydrogen) atoms. The summed E-state index contributed by atoms with van der Waals surface area (Å²) in [4.78, 5) is 30.7. The lowest BCUT2D eigenvalue weighted by atomic mass is 10.0. The largest absolute Gasteiger partial charge is 0.469 e. The number of esters is 1. The molecule has 0 saturated carbocycles. The maximum Gasteiger partial charge on any atom is 0.469 e. The number of phosphoric acid groups is 1. The van der Waals surface area contributed by atoms with Crippen LogP contribution in [0.3, 0.4) is 0 Å². The summed E-state index contributed by atoms with van der Waals surface area (Å²) in [6.45, 7) is 4.82. The van der Waals surface area contributed by atoms with Crippen LogP contribution in [0.5, 0.6) is 0 Å². The molecule has 7 nitrogen and oxygen atoms in total. The van der Waals surface area contributed by atoms with Crippen LogP contribution in [0.2, 0.25) is 0 Å². The fourth-order valence-corrected chi connectivity index (χ4v) is 7.92. The van der Waals surface area contributed by atoms with Crippen molar-refractivity contribution >= 4 is 13.8 Å². The number of rotatable bonds is 47. The van der Waals surface area contributed by atoms with Crippen LogP contribution in [0.1, 0.15) is 271 Å². The van der Waals surface area contributed by atoms with Crippen molar-refractivity contribution in [1.82, 2.24) is 0 Å². The first-order valence-electron chi connectivity index (χ1n) is 24.4. The summed E-state index contributed by atoms with van der Waals surface area (Å²) in [6.07, 6.45) is 51.2. The van der Waals surface area contributed by atoms with Gasteiger partial charge >= 0.3 is 13.8 Å². The predicted molar refractivity (Wildman–Crippen MR) is 235 cm³/mol. The van der Waals surface area contributed by atoms with Crippen LogP contribution in [0.25, 0.3) is 0 Å². The van der Waals surface area contributed by atoms with Gasteiger partial charge in [-0.25, -0.2) is 4.57 Å². The Hall–Kier alpha value is -0.460. The average molecular weight is 803 g/mol. The second-order valence-electron chi connectivity index (χ2n) is 16.8. The topological polar surface area (TPSA) is 102 Å². The predicted octanol–water partition coefficient (Wildman–Crippen LogP) is 15.7. The van der Waals surface area contributed by atoms with Gasteiger partial charge in [0.2, 0.25) is 0 Å². The molecule has 0 amide bonds. The first kappa shape index (κ1) is 54.5. The van der Waals surface area contributed by atoms with Gasteiger partial charge in [0.1, 0.15) is 6.10 Å². The molecule has 0 aliphatic rings. The van der Waals surface area contributed by atoms with Gasteiger partial charge in [-0.2, -0.15) is 0 Å². The van der Waals surface area contributed by atoms with Crippen molar-refractivity contribution in [1.29, 1.82) is 0 Å². The van der Waals surface area contributed by atoms with Crippen LogP contribution < -0.4 is 0 Å². The molecule has 0 rings (SSSR count). The van der Waals surface area contributed by atoms with Gasteiger partial charge in [-0.15, -0.1) is 0 Å². The summed E-state index contributed by atoms with van der Waals surface area (Å²) in [5.41, 5.74) is 0. The van der Waals surface area contributed by atoms with E-state index in [2.05, 4.69) is 18.4 Å². The van der Waals surface area contributed by atoms with E-state index in [1.165, 1.54) is 218 Å². The van der Waals surface area contributed by atoms with E-state index >= 15 is 0 Å². The number of hydrogen-bond donors (Lipinski definition) is 2. The smallest absolute Gasteiger partial charge is 0.457 e. The average Bonchev–Trinajstić information content (AvgIpc) is 3.16. The van der Waals surface area contributed by atoms with E-state index in [0.29, 0.717) is 13.0 Å². The van der Waals surface area contributed by atoms with Crippen molar-refractivity contribution in [2.75, 3.05) is 19.8 Å². The van der Waals surface area contributed by atoms with E-state index in [-0.39, 0.29) is 19.2 Å². The number of carbonyl (C=O) groups is 1. The van der Waals surface area contributed by atoms with E-state index in [1.807, 2.05) is 0 Å². The first-order valence-corrected chi connectivity index (χ1v) is 25.9. The lowest BCUT2D eigenvalue weighted by Crippen LogP contribution is -2.28.